The summed E-state index contributed by atoms with van der Waals surface area (Å²) in [7, 11) is 1.91. The second-order valence-electron chi connectivity index (χ2n) is 7.87. The van der Waals surface area contributed by atoms with Crippen molar-refractivity contribution >= 4 is 23.2 Å². The van der Waals surface area contributed by atoms with Gasteiger partial charge in [0.1, 0.15) is 5.69 Å². The van der Waals surface area contributed by atoms with E-state index >= 15 is 0 Å². The molecule has 2 aromatic heterocycles. The average Bonchev–Trinajstić information content (AvgIpc) is 3.38. The van der Waals surface area contributed by atoms with Gasteiger partial charge in [0, 0.05) is 38.6 Å². The second kappa shape index (κ2) is 9.83. The number of carbonyl (C=O) groups excluding carboxylic acids is 2. The van der Waals surface area contributed by atoms with Crippen LogP contribution < -0.4 is 0 Å². The van der Waals surface area contributed by atoms with Crippen molar-refractivity contribution in [3.63, 3.8) is 0 Å². The van der Waals surface area contributed by atoms with Crippen LogP contribution >= 0.6 is 11.3 Å². The number of rotatable bonds is 6. The van der Waals surface area contributed by atoms with E-state index < -0.39 is 0 Å². The van der Waals surface area contributed by atoms with Crippen LogP contribution in [0.15, 0.2) is 66.4 Å². The highest BCUT2D eigenvalue weighted by Gasteiger charge is 2.33. The standard InChI is InChI=1S/C24H26N4O2S/c1-27(24(30)22-8-5-15-31-22)21(16-18-6-3-2-4-7-18)19-9-13-28(14-10-19)23(29)20-17-25-11-12-26-20/h2-8,11-12,15,17,19,21H,9-10,13-14,16H2,1H3/t21-/m0/s1. The fourth-order valence-electron chi connectivity index (χ4n) is 4.26. The lowest BCUT2D eigenvalue weighted by atomic mass is 9.84. The van der Waals surface area contributed by atoms with Crippen molar-refractivity contribution in [1.82, 2.24) is 19.8 Å². The normalized spacial score (nSPS) is 15.5. The van der Waals surface area contributed by atoms with E-state index in [0.717, 1.165) is 24.1 Å². The molecule has 4 rings (SSSR count). The SMILES string of the molecule is CN(C(=O)c1cccs1)[C@@H](Cc1ccccc1)C1CCN(C(=O)c2cnccn2)CC1. The minimum Gasteiger partial charge on any atom is -0.337 e. The van der Waals surface area contributed by atoms with Gasteiger partial charge in [-0.3, -0.25) is 14.6 Å². The van der Waals surface area contributed by atoms with Gasteiger partial charge in [0.25, 0.3) is 11.8 Å². The average molecular weight is 435 g/mol. The van der Waals surface area contributed by atoms with Crippen LogP contribution in [0.4, 0.5) is 0 Å². The van der Waals surface area contributed by atoms with Crippen LogP contribution in [0.2, 0.25) is 0 Å². The highest BCUT2D eigenvalue weighted by atomic mass is 32.1. The fraction of sp³-hybridized carbons (Fsp3) is 0.333. The molecule has 1 aliphatic heterocycles. The van der Waals surface area contributed by atoms with E-state index in [0.29, 0.717) is 24.7 Å². The van der Waals surface area contributed by atoms with Gasteiger partial charge in [0.15, 0.2) is 0 Å². The van der Waals surface area contributed by atoms with E-state index in [9.17, 15) is 9.59 Å². The highest BCUT2D eigenvalue weighted by molar-refractivity contribution is 7.12. The third-order valence-electron chi connectivity index (χ3n) is 5.99. The molecule has 0 unspecified atom stereocenters. The summed E-state index contributed by atoms with van der Waals surface area (Å²) in [6, 6.07) is 14.2. The summed E-state index contributed by atoms with van der Waals surface area (Å²) < 4.78 is 0. The summed E-state index contributed by atoms with van der Waals surface area (Å²) in [4.78, 5) is 38.5. The van der Waals surface area contributed by atoms with Crippen LogP contribution in [0.5, 0.6) is 0 Å². The van der Waals surface area contributed by atoms with Crippen molar-refractivity contribution in [2.75, 3.05) is 20.1 Å². The van der Waals surface area contributed by atoms with E-state index in [1.54, 1.807) is 12.4 Å². The lowest BCUT2D eigenvalue weighted by Crippen LogP contribution is -2.48. The molecule has 0 N–H and O–H groups in total. The quantitative estimate of drug-likeness (QED) is 0.592. The number of hydrogen-bond acceptors (Lipinski definition) is 5. The van der Waals surface area contributed by atoms with Crippen LogP contribution in [0.1, 0.15) is 38.6 Å². The molecule has 1 aromatic carbocycles. The lowest BCUT2D eigenvalue weighted by Gasteiger charge is -2.40. The number of amides is 2. The van der Waals surface area contributed by atoms with E-state index in [1.807, 2.05) is 52.6 Å². The number of nitrogens with zero attached hydrogens (tertiary/aromatic N) is 4. The minimum absolute atomic E-state index is 0.0639. The van der Waals surface area contributed by atoms with Crippen molar-refractivity contribution in [2.24, 2.45) is 5.92 Å². The molecule has 31 heavy (non-hydrogen) atoms. The van der Waals surface area contributed by atoms with Gasteiger partial charge in [-0.1, -0.05) is 36.4 Å². The summed E-state index contributed by atoms with van der Waals surface area (Å²) in [6.45, 7) is 1.32. The van der Waals surface area contributed by atoms with E-state index in [-0.39, 0.29) is 17.9 Å². The zero-order chi connectivity index (χ0) is 21.6. The Labute approximate surface area is 186 Å². The monoisotopic (exact) mass is 434 g/mol. The van der Waals surface area contributed by atoms with Gasteiger partial charge >= 0.3 is 0 Å². The maximum atomic E-state index is 13.1. The van der Waals surface area contributed by atoms with Gasteiger partial charge < -0.3 is 9.80 Å². The van der Waals surface area contributed by atoms with E-state index in [1.165, 1.54) is 23.1 Å². The molecule has 7 heteroatoms. The largest absolute Gasteiger partial charge is 0.337 e. The Morgan fingerprint density at radius 1 is 1.13 bits per heavy atom. The number of aromatic nitrogens is 2. The van der Waals surface area contributed by atoms with Gasteiger partial charge in [0.05, 0.1) is 11.1 Å². The molecular formula is C24H26N4O2S. The zero-order valence-electron chi connectivity index (χ0n) is 17.6. The molecule has 1 atom stereocenters. The van der Waals surface area contributed by atoms with Crippen LogP contribution in [0.25, 0.3) is 0 Å². The van der Waals surface area contributed by atoms with Crippen molar-refractivity contribution in [2.45, 2.75) is 25.3 Å². The third-order valence-corrected chi connectivity index (χ3v) is 6.85. The molecule has 1 fully saturated rings. The fourth-order valence-corrected chi connectivity index (χ4v) is 4.96. The number of hydrogen-bond donors (Lipinski definition) is 0. The molecule has 0 spiro atoms. The minimum atomic E-state index is -0.0748. The van der Waals surface area contributed by atoms with Crippen LogP contribution in [-0.4, -0.2) is 57.8 Å². The molecule has 0 aliphatic carbocycles. The van der Waals surface area contributed by atoms with Gasteiger partial charge in [-0.05, 0) is 42.2 Å². The Balaban J connectivity index is 1.48. The van der Waals surface area contributed by atoms with Gasteiger partial charge in [-0.2, -0.15) is 0 Å². The summed E-state index contributed by atoms with van der Waals surface area (Å²) in [6.07, 6.45) is 7.13. The first-order valence-corrected chi connectivity index (χ1v) is 11.4. The van der Waals surface area contributed by atoms with E-state index in [4.69, 9.17) is 0 Å². The second-order valence-corrected chi connectivity index (χ2v) is 8.82. The highest BCUT2D eigenvalue weighted by Crippen LogP contribution is 2.28. The Bertz CT molecular complexity index is 987. The third kappa shape index (κ3) is 4.99. The van der Waals surface area contributed by atoms with Crippen molar-refractivity contribution in [1.29, 1.82) is 0 Å². The van der Waals surface area contributed by atoms with Crippen LogP contribution in [0, 0.1) is 5.92 Å². The molecule has 6 nitrogen and oxygen atoms in total. The van der Waals surface area contributed by atoms with Crippen molar-refractivity contribution < 1.29 is 9.59 Å². The Hall–Kier alpha value is -3.06. The zero-order valence-corrected chi connectivity index (χ0v) is 18.4. The number of piperidine rings is 1. The van der Waals surface area contributed by atoms with Crippen LogP contribution in [0.3, 0.4) is 0 Å². The summed E-state index contributed by atoms with van der Waals surface area (Å²) in [5.74, 6) is 0.309. The first-order valence-electron chi connectivity index (χ1n) is 10.5. The van der Waals surface area contributed by atoms with Crippen molar-refractivity contribution in [3.05, 3.63) is 82.6 Å². The Morgan fingerprint density at radius 2 is 1.90 bits per heavy atom. The molecule has 0 bridgehead atoms. The van der Waals surface area contributed by atoms with Gasteiger partial charge in [0.2, 0.25) is 0 Å². The first-order chi connectivity index (χ1) is 15.1. The Kier molecular flexibility index (Phi) is 6.72. The summed E-state index contributed by atoms with van der Waals surface area (Å²) in [5.41, 5.74) is 1.60. The van der Waals surface area contributed by atoms with Gasteiger partial charge in [-0.15, -0.1) is 11.3 Å². The maximum absolute atomic E-state index is 13.1. The molecular weight excluding hydrogens is 408 g/mol. The Morgan fingerprint density at radius 3 is 2.55 bits per heavy atom. The number of carbonyl (C=O) groups is 2. The molecule has 2 amide bonds. The maximum Gasteiger partial charge on any atom is 0.274 e. The summed E-state index contributed by atoms with van der Waals surface area (Å²) >= 11 is 1.47. The summed E-state index contributed by atoms with van der Waals surface area (Å²) in [5, 5.41) is 1.93. The number of likely N-dealkylation sites (N-methyl/N-ethyl adjacent to an activating group) is 1. The molecule has 160 valence electrons. The van der Waals surface area contributed by atoms with Crippen LogP contribution in [-0.2, 0) is 6.42 Å². The predicted octanol–water partition coefficient (Wildman–Crippen LogP) is 3.77. The van der Waals surface area contributed by atoms with Gasteiger partial charge in [-0.25, -0.2) is 4.98 Å². The smallest absolute Gasteiger partial charge is 0.274 e. The molecule has 1 aliphatic rings. The lowest BCUT2D eigenvalue weighted by molar-refractivity contribution is 0.0522. The molecule has 3 aromatic rings. The number of thiophene rings is 1. The van der Waals surface area contributed by atoms with Crippen molar-refractivity contribution in [3.8, 4) is 0 Å². The molecule has 0 saturated carbocycles. The molecule has 1 saturated heterocycles. The number of benzene rings is 1. The molecule has 3 heterocycles. The molecule has 0 radical (unpaired) electrons. The topological polar surface area (TPSA) is 66.4 Å². The number of likely N-dealkylation sites (tertiary alicyclic amines) is 1. The van der Waals surface area contributed by atoms with E-state index in [2.05, 4.69) is 22.1 Å². The first kappa shape index (κ1) is 21.2. The predicted molar refractivity (Wildman–Crippen MR) is 121 cm³/mol.